The Bertz CT molecular complexity index is 353. The van der Waals surface area contributed by atoms with E-state index in [-0.39, 0.29) is 19.3 Å². The Morgan fingerprint density at radius 3 is 1.71 bits per heavy atom. The molecule has 0 fully saturated rings. The lowest BCUT2D eigenvalue weighted by atomic mass is 9.73. The van der Waals surface area contributed by atoms with E-state index in [0.29, 0.717) is 13.2 Å². The Labute approximate surface area is 145 Å². The van der Waals surface area contributed by atoms with Crippen molar-refractivity contribution in [2.75, 3.05) is 13.2 Å². The van der Waals surface area contributed by atoms with Gasteiger partial charge in [0.05, 0.1) is 12.2 Å². The molecule has 0 aromatic carbocycles. The predicted octanol–water partition coefficient (Wildman–Crippen LogP) is 3.72. The zero-order chi connectivity index (χ0) is 18.6. The fourth-order valence-corrected chi connectivity index (χ4v) is 2.83. The van der Waals surface area contributed by atoms with Gasteiger partial charge in [-0.05, 0) is 39.5 Å². The minimum atomic E-state index is -1.24. The third-order valence-electron chi connectivity index (χ3n) is 4.56. The second-order valence-electron chi connectivity index (χ2n) is 6.33. The third-order valence-corrected chi connectivity index (χ3v) is 4.56. The van der Waals surface area contributed by atoms with Crippen molar-refractivity contribution in [2.45, 2.75) is 84.8 Å². The zero-order valence-corrected chi connectivity index (χ0v) is 15.5. The molecule has 0 aliphatic carbocycles. The number of aliphatic carboxylic acids is 2. The Hall–Kier alpha value is -1.14. The van der Waals surface area contributed by atoms with Gasteiger partial charge in [-0.25, -0.2) is 0 Å². The first-order valence-electron chi connectivity index (χ1n) is 9.01. The van der Waals surface area contributed by atoms with E-state index in [0.717, 1.165) is 25.7 Å². The minimum absolute atomic E-state index is 0.0572. The van der Waals surface area contributed by atoms with E-state index < -0.39 is 29.6 Å². The van der Waals surface area contributed by atoms with Crippen molar-refractivity contribution >= 4 is 11.9 Å². The summed E-state index contributed by atoms with van der Waals surface area (Å²) < 4.78 is 11.6. The molecule has 0 rings (SSSR count). The molecule has 0 radical (unpaired) electrons. The number of carboxylic acids is 2. The highest BCUT2D eigenvalue weighted by Gasteiger charge is 2.49. The van der Waals surface area contributed by atoms with Crippen LogP contribution in [0.4, 0.5) is 0 Å². The summed E-state index contributed by atoms with van der Waals surface area (Å²) in [4.78, 5) is 22.9. The maximum Gasteiger partial charge on any atom is 0.314 e. The lowest BCUT2D eigenvalue weighted by Crippen LogP contribution is -2.51. The maximum atomic E-state index is 12.1. The molecule has 0 aliphatic heterocycles. The van der Waals surface area contributed by atoms with Crippen molar-refractivity contribution in [1.29, 1.82) is 0 Å². The SMILES string of the molecule is CCCCOC(C)C(CCCC(=O)O)(C(=O)O)C(C)OCCCC. The molecule has 0 aromatic heterocycles. The first kappa shape index (κ1) is 22.9. The fourth-order valence-electron chi connectivity index (χ4n) is 2.83. The van der Waals surface area contributed by atoms with Gasteiger partial charge in [-0.3, -0.25) is 9.59 Å². The maximum absolute atomic E-state index is 12.1. The first-order valence-corrected chi connectivity index (χ1v) is 9.01. The Kier molecular flexibility index (Phi) is 11.7. The molecule has 0 saturated heterocycles. The molecule has 2 atom stereocenters. The van der Waals surface area contributed by atoms with Crippen LogP contribution in [0.1, 0.15) is 72.6 Å². The summed E-state index contributed by atoms with van der Waals surface area (Å²) in [6.07, 6.45) is 3.00. The standard InChI is InChI=1S/C18H34O6/c1-5-7-12-23-14(3)18(17(21)22,11-9-10-16(19)20)15(4)24-13-8-6-2/h14-15H,5-13H2,1-4H3,(H,19,20)(H,21,22). The van der Waals surface area contributed by atoms with Crippen LogP contribution in [0.2, 0.25) is 0 Å². The van der Waals surface area contributed by atoms with Gasteiger partial charge in [0.25, 0.3) is 0 Å². The summed E-state index contributed by atoms with van der Waals surface area (Å²) >= 11 is 0. The van der Waals surface area contributed by atoms with Crippen molar-refractivity contribution in [2.24, 2.45) is 5.41 Å². The molecule has 6 heteroatoms. The van der Waals surface area contributed by atoms with E-state index in [1.54, 1.807) is 13.8 Å². The molecule has 0 aliphatic rings. The first-order chi connectivity index (χ1) is 11.3. The average Bonchev–Trinajstić information content (AvgIpc) is 2.51. The minimum Gasteiger partial charge on any atom is -0.481 e. The monoisotopic (exact) mass is 346 g/mol. The van der Waals surface area contributed by atoms with Crippen LogP contribution in [-0.2, 0) is 19.1 Å². The zero-order valence-electron chi connectivity index (χ0n) is 15.5. The highest BCUT2D eigenvalue weighted by atomic mass is 16.5. The van der Waals surface area contributed by atoms with Gasteiger partial charge in [-0.1, -0.05) is 26.7 Å². The van der Waals surface area contributed by atoms with Crippen LogP contribution in [-0.4, -0.2) is 47.6 Å². The van der Waals surface area contributed by atoms with Gasteiger partial charge in [0.1, 0.15) is 5.41 Å². The van der Waals surface area contributed by atoms with Gasteiger partial charge in [0.2, 0.25) is 0 Å². The highest BCUT2D eigenvalue weighted by Crippen LogP contribution is 2.37. The second kappa shape index (κ2) is 12.3. The van der Waals surface area contributed by atoms with Gasteiger partial charge < -0.3 is 19.7 Å². The third kappa shape index (κ3) is 7.18. The predicted molar refractivity (Wildman–Crippen MR) is 92.2 cm³/mol. The lowest BCUT2D eigenvalue weighted by molar-refractivity contribution is -0.178. The van der Waals surface area contributed by atoms with Crippen molar-refractivity contribution in [3.8, 4) is 0 Å². The number of carboxylic acid groups (broad SMARTS) is 2. The van der Waals surface area contributed by atoms with Crippen molar-refractivity contribution in [3.05, 3.63) is 0 Å². The normalized spacial score (nSPS) is 16.3. The van der Waals surface area contributed by atoms with Gasteiger partial charge in [-0.15, -0.1) is 0 Å². The fraction of sp³-hybridized carbons (Fsp3) is 0.889. The van der Waals surface area contributed by atoms with E-state index in [1.807, 2.05) is 13.8 Å². The summed E-state index contributed by atoms with van der Waals surface area (Å²) in [6.45, 7) is 8.58. The van der Waals surface area contributed by atoms with E-state index in [1.165, 1.54) is 0 Å². The molecular formula is C18H34O6. The summed E-state index contributed by atoms with van der Waals surface area (Å²) in [5.74, 6) is -1.91. The topological polar surface area (TPSA) is 93.1 Å². The quantitative estimate of drug-likeness (QED) is 0.439. The molecule has 2 N–H and O–H groups in total. The van der Waals surface area contributed by atoms with Crippen molar-refractivity contribution in [1.82, 2.24) is 0 Å². The molecule has 0 saturated carbocycles. The molecule has 0 amide bonds. The number of unbranched alkanes of at least 4 members (excludes halogenated alkanes) is 2. The molecule has 2 unspecified atom stereocenters. The van der Waals surface area contributed by atoms with Crippen LogP contribution in [0.5, 0.6) is 0 Å². The van der Waals surface area contributed by atoms with Crippen LogP contribution < -0.4 is 0 Å². The number of carbonyl (C=O) groups is 2. The molecule has 142 valence electrons. The molecule has 24 heavy (non-hydrogen) atoms. The van der Waals surface area contributed by atoms with Crippen LogP contribution >= 0.6 is 0 Å². The second-order valence-corrected chi connectivity index (χ2v) is 6.33. The largest absolute Gasteiger partial charge is 0.481 e. The Morgan fingerprint density at radius 2 is 1.38 bits per heavy atom. The van der Waals surface area contributed by atoms with Crippen LogP contribution in [0.3, 0.4) is 0 Å². The van der Waals surface area contributed by atoms with E-state index in [2.05, 4.69) is 0 Å². The van der Waals surface area contributed by atoms with Gasteiger partial charge in [-0.2, -0.15) is 0 Å². The summed E-state index contributed by atoms with van der Waals surface area (Å²) in [5.41, 5.74) is -1.24. The lowest BCUT2D eigenvalue weighted by Gasteiger charge is -2.39. The van der Waals surface area contributed by atoms with Gasteiger partial charge in [0.15, 0.2) is 0 Å². The summed E-state index contributed by atoms with van der Waals surface area (Å²) in [5, 5.41) is 18.8. The summed E-state index contributed by atoms with van der Waals surface area (Å²) in [6, 6.07) is 0. The highest BCUT2D eigenvalue weighted by molar-refractivity contribution is 5.76. The Balaban J connectivity index is 5.20. The molecule has 0 bridgehead atoms. The number of hydrogen-bond donors (Lipinski definition) is 2. The molecule has 6 nitrogen and oxygen atoms in total. The van der Waals surface area contributed by atoms with Crippen molar-refractivity contribution < 1.29 is 29.3 Å². The summed E-state index contributed by atoms with van der Waals surface area (Å²) in [7, 11) is 0. The molecule has 0 spiro atoms. The number of hydrogen-bond acceptors (Lipinski definition) is 4. The Morgan fingerprint density at radius 1 is 0.917 bits per heavy atom. The van der Waals surface area contributed by atoms with E-state index in [9.17, 15) is 14.7 Å². The van der Waals surface area contributed by atoms with Crippen LogP contribution in [0.15, 0.2) is 0 Å². The molecule has 0 aromatic rings. The average molecular weight is 346 g/mol. The molecule has 0 heterocycles. The molecular weight excluding hydrogens is 312 g/mol. The van der Waals surface area contributed by atoms with E-state index >= 15 is 0 Å². The smallest absolute Gasteiger partial charge is 0.314 e. The number of ether oxygens (including phenoxy) is 2. The van der Waals surface area contributed by atoms with Crippen LogP contribution in [0, 0.1) is 5.41 Å². The van der Waals surface area contributed by atoms with E-state index in [4.69, 9.17) is 14.6 Å². The van der Waals surface area contributed by atoms with Gasteiger partial charge in [0, 0.05) is 19.6 Å². The number of rotatable bonds is 15. The van der Waals surface area contributed by atoms with Gasteiger partial charge >= 0.3 is 11.9 Å². The van der Waals surface area contributed by atoms with Crippen molar-refractivity contribution in [3.63, 3.8) is 0 Å². The van der Waals surface area contributed by atoms with Crippen LogP contribution in [0.25, 0.3) is 0 Å².